The third kappa shape index (κ3) is 2.14. The van der Waals surface area contributed by atoms with E-state index >= 15 is 0 Å². The zero-order valence-corrected chi connectivity index (χ0v) is 8.68. The molecule has 0 aromatic heterocycles. The molecule has 0 aliphatic carbocycles. The van der Waals surface area contributed by atoms with E-state index in [1.807, 2.05) is 0 Å². The smallest absolute Gasteiger partial charge is 0.125 e. The first kappa shape index (κ1) is 10.9. The molecule has 0 fully saturated rings. The molecule has 1 unspecified atom stereocenters. The van der Waals surface area contributed by atoms with Crippen molar-refractivity contribution in [1.29, 1.82) is 0 Å². The van der Waals surface area contributed by atoms with E-state index in [9.17, 15) is 17.8 Å². The molecule has 0 saturated heterocycles. The first-order valence-electron chi connectivity index (χ1n) is 4.29. The topological polar surface area (TPSA) is 34.1 Å². The number of Topliss-reactive ketones (excluding diaryl/α,β-unsaturated/α-hetero) is 1. The van der Waals surface area contributed by atoms with Gasteiger partial charge in [0.2, 0.25) is 0 Å². The van der Waals surface area contributed by atoms with Gasteiger partial charge < -0.3 is 4.79 Å². The number of benzene rings is 1. The minimum absolute atomic E-state index is 0.0586. The molecule has 2 nitrogen and oxygen atoms in total. The van der Waals surface area contributed by atoms with Gasteiger partial charge >= 0.3 is 0 Å². The first-order chi connectivity index (χ1) is 7.56. The molecule has 0 N–H and O–H groups in total. The molecule has 0 spiro atoms. The van der Waals surface area contributed by atoms with Crippen LogP contribution in [0.25, 0.3) is 0 Å². The Labute approximate surface area is 92.7 Å². The van der Waals surface area contributed by atoms with E-state index in [-0.39, 0.29) is 11.1 Å². The summed E-state index contributed by atoms with van der Waals surface area (Å²) in [6, 6.07) is 2.53. The third-order valence-corrected chi connectivity index (χ3v) is 2.74. The Hall–Kier alpha value is -1.62. The van der Waals surface area contributed by atoms with Gasteiger partial charge in [0.25, 0.3) is 0 Å². The van der Waals surface area contributed by atoms with Crippen LogP contribution in [0.4, 0.5) is 8.78 Å². The summed E-state index contributed by atoms with van der Waals surface area (Å²) < 4.78 is 36.6. The van der Waals surface area contributed by atoms with Gasteiger partial charge in [-0.25, -0.2) is 8.78 Å². The molecule has 0 radical (unpaired) electrons. The number of ketones is 1. The molecule has 5 heteroatoms. The fourth-order valence-electron chi connectivity index (χ4n) is 1.27. The van der Waals surface area contributed by atoms with Crippen molar-refractivity contribution in [3.63, 3.8) is 0 Å². The average molecular weight is 239 g/mol. The highest BCUT2D eigenvalue weighted by Crippen LogP contribution is 2.17. The van der Waals surface area contributed by atoms with Crippen LogP contribution in [-0.2, 0) is 10.8 Å². The number of hydrogen-bond acceptors (Lipinski definition) is 2. The van der Waals surface area contributed by atoms with Crippen molar-refractivity contribution in [3.05, 3.63) is 57.9 Å². The lowest BCUT2D eigenvalue weighted by molar-refractivity contribution is 0.103. The molecule has 1 atom stereocenters. The average Bonchev–Trinajstić information content (AvgIpc) is 2.62. The number of rotatable bonds is 2. The second kappa shape index (κ2) is 4.09. The summed E-state index contributed by atoms with van der Waals surface area (Å²) in [5.41, 5.74) is -0.0631. The first-order valence-corrected chi connectivity index (χ1v) is 5.51. The summed E-state index contributed by atoms with van der Waals surface area (Å²) in [6.07, 6.45) is 1.32. The van der Waals surface area contributed by atoms with Gasteiger partial charge in [-0.15, -0.1) is 5.57 Å². The van der Waals surface area contributed by atoms with Crippen LogP contribution < -0.4 is 0 Å². The quantitative estimate of drug-likeness (QED) is 0.585. The van der Waals surface area contributed by atoms with Crippen LogP contribution in [0.5, 0.6) is 0 Å². The minimum atomic E-state index is -1.43. The molecule has 1 aromatic carbocycles. The maximum absolute atomic E-state index is 12.9. The van der Waals surface area contributed by atoms with E-state index in [0.717, 1.165) is 12.1 Å². The molecule has 16 heavy (non-hydrogen) atoms. The van der Waals surface area contributed by atoms with Crippen molar-refractivity contribution in [3.8, 4) is 0 Å². The van der Waals surface area contributed by atoms with Gasteiger partial charge in [0.1, 0.15) is 11.6 Å². The van der Waals surface area contributed by atoms with Gasteiger partial charge in [0, 0.05) is 6.07 Å². The highest BCUT2D eigenvalue weighted by molar-refractivity contribution is 7.89. The molecule has 0 saturated carbocycles. The summed E-state index contributed by atoms with van der Waals surface area (Å²) in [4.78, 5) is 11.7. The van der Waals surface area contributed by atoms with Gasteiger partial charge in [-0.05, 0) is 28.5 Å². The van der Waals surface area contributed by atoms with E-state index in [1.165, 1.54) is 11.5 Å². The van der Waals surface area contributed by atoms with Crippen LogP contribution >= 0.6 is 0 Å². The van der Waals surface area contributed by atoms with Crippen molar-refractivity contribution in [2.24, 2.45) is 0 Å². The van der Waals surface area contributed by atoms with E-state index in [0.29, 0.717) is 6.07 Å². The molecule has 2 rings (SSSR count). The molecule has 82 valence electrons. The molecule has 1 aliphatic rings. The third-order valence-electron chi connectivity index (χ3n) is 1.94. The van der Waals surface area contributed by atoms with E-state index in [2.05, 4.69) is 5.41 Å². The van der Waals surface area contributed by atoms with Crippen LogP contribution in [0.2, 0.25) is 0 Å². The molecule has 1 aromatic rings. The second-order valence-corrected chi connectivity index (χ2v) is 4.17. The van der Waals surface area contributed by atoms with Crippen LogP contribution in [-0.4, -0.2) is 9.99 Å². The Morgan fingerprint density at radius 2 is 1.81 bits per heavy atom. The number of carbonyl (C=O) groups is 1. The number of halogens is 2. The van der Waals surface area contributed by atoms with E-state index in [4.69, 9.17) is 0 Å². The Kier molecular flexibility index (Phi) is 2.78. The maximum Gasteiger partial charge on any atom is 0.125 e. The lowest BCUT2D eigenvalue weighted by Gasteiger charge is -2.07. The molecular weight excluding hydrogens is 234 g/mol. The highest BCUT2D eigenvalue weighted by atomic mass is 32.2. The van der Waals surface area contributed by atoms with Crippen LogP contribution in [0.1, 0.15) is 10.4 Å². The van der Waals surface area contributed by atoms with Crippen LogP contribution in [0, 0.1) is 17.0 Å². The number of hydrogen-bond donors (Lipinski definition) is 0. The lowest BCUT2D eigenvalue weighted by atomic mass is 10.0. The molecule has 0 amide bonds. The van der Waals surface area contributed by atoms with Crippen molar-refractivity contribution in [2.45, 2.75) is 0 Å². The standard InChI is InChI=1S/C11H5F2O2S/c12-9-3-8(4-10(13)5-9)11(14)7-1-2-16(15)6-7/h1-5H/q-1. The van der Waals surface area contributed by atoms with Crippen molar-refractivity contribution >= 4 is 16.6 Å². The highest BCUT2D eigenvalue weighted by Gasteiger charge is 2.07. The van der Waals surface area contributed by atoms with Gasteiger partial charge in [-0.3, -0.25) is 4.21 Å². The Morgan fingerprint density at radius 1 is 1.19 bits per heavy atom. The van der Waals surface area contributed by atoms with Gasteiger partial charge in [0.05, 0.1) is 5.78 Å². The van der Waals surface area contributed by atoms with E-state index < -0.39 is 28.2 Å². The summed E-state index contributed by atoms with van der Waals surface area (Å²) in [5, 5.41) is 3.65. The summed E-state index contributed by atoms with van der Waals surface area (Å²) in [6.45, 7) is 0. The zero-order chi connectivity index (χ0) is 11.7. The van der Waals surface area contributed by atoms with Crippen molar-refractivity contribution < 1.29 is 17.8 Å². The maximum atomic E-state index is 12.9. The number of allylic oxidation sites excluding steroid dienone is 2. The second-order valence-electron chi connectivity index (χ2n) is 3.10. The van der Waals surface area contributed by atoms with E-state index in [1.54, 1.807) is 0 Å². The van der Waals surface area contributed by atoms with Crippen molar-refractivity contribution in [2.75, 3.05) is 0 Å². The summed E-state index contributed by atoms with van der Waals surface area (Å²) in [7, 11) is -1.43. The fourth-order valence-corrected chi connectivity index (χ4v) is 1.97. The molecule has 1 aliphatic heterocycles. The van der Waals surface area contributed by atoms with Crippen LogP contribution in [0.15, 0.2) is 35.3 Å². The molecular formula is C11H5F2O2S-. The van der Waals surface area contributed by atoms with Gasteiger partial charge in [-0.1, -0.05) is 10.8 Å². The Morgan fingerprint density at radius 3 is 2.31 bits per heavy atom. The Bertz CT molecular complexity index is 527. The largest absolute Gasteiger partial charge is 0.365 e. The lowest BCUT2D eigenvalue weighted by Crippen LogP contribution is -2.02. The predicted molar refractivity (Wildman–Crippen MR) is 54.7 cm³/mol. The molecule has 1 heterocycles. The monoisotopic (exact) mass is 239 g/mol. The molecule has 0 bridgehead atoms. The van der Waals surface area contributed by atoms with Crippen LogP contribution in [0.3, 0.4) is 0 Å². The summed E-state index contributed by atoms with van der Waals surface area (Å²) >= 11 is 0. The SMILES string of the molecule is O=C(C1=[C-]S(=O)C=C1)c1cc(F)cc(F)c1. The predicted octanol–water partition coefficient (Wildman–Crippen LogP) is 2.11. The summed E-state index contributed by atoms with van der Waals surface area (Å²) in [5.74, 6) is -2.25. The zero-order valence-electron chi connectivity index (χ0n) is 7.87. The fraction of sp³-hybridized carbons (Fsp3) is 0. The van der Waals surface area contributed by atoms with Gasteiger partial charge in [0.15, 0.2) is 0 Å². The number of carbonyl (C=O) groups excluding carboxylic acids is 1. The minimum Gasteiger partial charge on any atom is -0.365 e. The Balaban J connectivity index is 2.38. The normalized spacial score (nSPS) is 18.6. The van der Waals surface area contributed by atoms with Crippen molar-refractivity contribution in [1.82, 2.24) is 0 Å². The van der Waals surface area contributed by atoms with Gasteiger partial charge in [-0.2, -0.15) is 6.08 Å².